The van der Waals surface area contributed by atoms with Crippen molar-refractivity contribution in [1.29, 1.82) is 0 Å². The Kier molecular flexibility index (Phi) is 6.94. The number of benzene rings is 1. The molecule has 5 heteroatoms. The number of nitrogens with one attached hydrogen (secondary N) is 1. The molecule has 1 aromatic rings. The van der Waals surface area contributed by atoms with Gasteiger partial charge in [0, 0.05) is 26.3 Å². The maximum Gasteiger partial charge on any atom is 0.119 e. The monoisotopic (exact) mass is 333 g/mol. The van der Waals surface area contributed by atoms with Gasteiger partial charge in [-0.25, -0.2) is 0 Å². The Balaban J connectivity index is 1.96. The summed E-state index contributed by atoms with van der Waals surface area (Å²) in [6, 6.07) is 6.52. The smallest absolute Gasteiger partial charge is 0.119 e. The summed E-state index contributed by atoms with van der Waals surface area (Å²) >= 11 is 0. The average molecular weight is 333 g/mol. The highest BCUT2D eigenvalue weighted by Gasteiger charge is 2.25. The fraction of sp³-hybridized carbons (Fsp3) is 0.579. The van der Waals surface area contributed by atoms with E-state index in [9.17, 15) is 0 Å². The van der Waals surface area contributed by atoms with Crippen LogP contribution < -0.4 is 5.32 Å². The lowest BCUT2D eigenvalue weighted by Crippen LogP contribution is -2.38. The lowest BCUT2D eigenvalue weighted by atomic mass is 10.00. The van der Waals surface area contributed by atoms with Crippen LogP contribution in [0.1, 0.15) is 30.5 Å². The van der Waals surface area contributed by atoms with Gasteiger partial charge in [-0.3, -0.25) is 0 Å². The summed E-state index contributed by atoms with van der Waals surface area (Å²) < 4.78 is 5.38. The molecule has 0 saturated heterocycles. The largest absolute Gasteiger partial charge is 0.394 e. The van der Waals surface area contributed by atoms with Crippen LogP contribution in [0.3, 0.4) is 0 Å². The molecule has 0 saturated carbocycles. The Morgan fingerprint density at radius 1 is 1.29 bits per heavy atom. The van der Waals surface area contributed by atoms with Crippen LogP contribution >= 0.6 is 0 Å². The van der Waals surface area contributed by atoms with Crippen LogP contribution in [0.4, 0.5) is 0 Å². The van der Waals surface area contributed by atoms with Crippen LogP contribution in [-0.4, -0.2) is 54.5 Å². The Labute approximate surface area is 145 Å². The van der Waals surface area contributed by atoms with Crippen molar-refractivity contribution >= 4 is 0 Å². The fourth-order valence-corrected chi connectivity index (χ4v) is 3.06. The van der Waals surface area contributed by atoms with Crippen LogP contribution in [0, 0.1) is 6.92 Å². The van der Waals surface area contributed by atoms with E-state index in [0.29, 0.717) is 19.4 Å². The first kappa shape index (κ1) is 18.6. The first-order chi connectivity index (χ1) is 11.6. The molecule has 1 aliphatic rings. The van der Waals surface area contributed by atoms with Crippen molar-refractivity contribution in [3.63, 3.8) is 0 Å². The molecule has 0 aromatic heterocycles. The van der Waals surface area contributed by atoms with Crippen molar-refractivity contribution in [2.75, 3.05) is 33.4 Å². The van der Waals surface area contributed by atoms with Crippen molar-refractivity contribution in [3.05, 3.63) is 46.9 Å². The van der Waals surface area contributed by atoms with Crippen molar-refractivity contribution < 1.29 is 9.84 Å². The summed E-state index contributed by atoms with van der Waals surface area (Å²) in [5.41, 5.74) is 4.14. The number of ether oxygens (including phenoxy) is 1. The van der Waals surface area contributed by atoms with Gasteiger partial charge in [-0.1, -0.05) is 25.1 Å². The highest BCUT2D eigenvalue weighted by Crippen LogP contribution is 2.20. The van der Waals surface area contributed by atoms with Crippen LogP contribution in [0.5, 0.6) is 0 Å². The van der Waals surface area contributed by atoms with Crippen LogP contribution in [0.2, 0.25) is 0 Å². The molecule has 5 nitrogen and oxygen atoms in total. The number of aliphatic hydroxyl groups excluding tert-OH is 1. The van der Waals surface area contributed by atoms with Crippen LogP contribution in [0.25, 0.3) is 0 Å². The van der Waals surface area contributed by atoms with Crippen molar-refractivity contribution in [2.45, 2.75) is 39.9 Å². The summed E-state index contributed by atoms with van der Waals surface area (Å²) in [4.78, 5) is 4.51. The molecule has 1 aliphatic heterocycles. The van der Waals surface area contributed by atoms with Gasteiger partial charge in [0.1, 0.15) is 5.82 Å². The molecule has 134 valence electrons. The molecule has 0 bridgehead atoms. The highest BCUT2D eigenvalue weighted by atomic mass is 16.5. The fourth-order valence-electron chi connectivity index (χ4n) is 3.06. The molecular formula is C19H31N3O2. The lowest BCUT2D eigenvalue weighted by Gasteiger charge is -2.28. The topological polar surface area (TPSA) is 48.0 Å². The van der Waals surface area contributed by atoms with E-state index >= 15 is 0 Å². The molecule has 1 aromatic carbocycles. The van der Waals surface area contributed by atoms with Gasteiger partial charge in [0.05, 0.1) is 26.0 Å². The average Bonchev–Trinajstić information content (AvgIpc) is 2.85. The quantitative estimate of drug-likeness (QED) is 0.677. The number of hydrogen-bond acceptors (Lipinski definition) is 5. The van der Waals surface area contributed by atoms with E-state index in [1.165, 1.54) is 16.7 Å². The second-order valence-electron chi connectivity index (χ2n) is 6.25. The number of rotatable bonds is 9. The molecule has 2 N–H and O–H groups in total. The molecule has 2 rings (SSSR count). The van der Waals surface area contributed by atoms with E-state index in [-0.39, 0.29) is 6.61 Å². The molecule has 24 heavy (non-hydrogen) atoms. The minimum atomic E-state index is 0.0777. The third-order valence-electron chi connectivity index (χ3n) is 4.77. The zero-order valence-corrected chi connectivity index (χ0v) is 15.4. The molecule has 1 unspecified atom stereocenters. The predicted octanol–water partition coefficient (Wildman–Crippen LogP) is 2.05. The number of nitrogens with zero attached hydrogens (tertiary/aromatic N) is 2. The molecular weight excluding hydrogens is 302 g/mol. The molecule has 0 fully saturated rings. The molecule has 1 atom stereocenters. The van der Waals surface area contributed by atoms with Crippen LogP contribution in [0.15, 0.2) is 30.2 Å². The third-order valence-corrected chi connectivity index (χ3v) is 4.77. The number of aryl methyl sites for hydroxylation is 2. The predicted molar refractivity (Wildman–Crippen MR) is 97.3 cm³/mol. The highest BCUT2D eigenvalue weighted by molar-refractivity contribution is 5.34. The van der Waals surface area contributed by atoms with E-state index in [4.69, 9.17) is 9.84 Å². The van der Waals surface area contributed by atoms with E-state index in [2.05, 4.69) is 67.3 Å². The first-order valence-electron chi connectivity index (χ1n) is 8.78. The third kappa shape index (κ3) is 4.42. The van der Waals surface area contributed by atoms with E-state index in [0.717, 1.165) is 25.3 Å². The Morgan fingerprint density at radius 2 is 2.08 bits per heavy atom. The van der Waals surface area contributed by atoms with E-state index in [1.54, 1.807) is 0 Å². The van der Waals surface area contributed by atoms with Gasteiger partial charge in [0.15, 0.2) is 0 Å². The standard InChI is InChI=1S/C19H31N3O2/c1-5-17-8-6-7-15(2)18(17)13-20-19-14-22(16(3)21(19)4)9-11-24-12-10-23/h6-8,14,16,20,23H,5,9-13H2,1-4H3. The van der Waals surface area contributed by atoms with Crippen molar-refractivity contribution in [3.8, 4) is 0 Å². The summed E-state index contributed by atoms with van der Waals surface area (Å²) in [6.07, 6.45) is 3.52. The molecule has 0 amide bonds. The van der Waals surface area contributed by atoms with Gasteiger partial charge >= 0.3 is 0 Å². The van der Waals surface area contributed by atoms with Gasteiger partial charge in [-0.15, -0.1) is 0 Å². The number of aliphatic hydroxyl groups is 1. The van der Waals surface area contributed by atoms with Crippen molar-refractivity contribution in [1.82, 2.24) is 15.1 Å². The van der Waals surface area contributed by atoms with Gasteiger partial charge < -0.3 is 25.0 Å². The number of hydrogen-bond donors (Lipinski definition) is 2. The Morgan fingerprint density at radius 3 is 2.79 bits per heavy atom. The van der Waals surface area contributed by atoms with E-state index in [1.807, 2.05) is 0 Å². The SMILES string of the molecule is CCc1cccc(C)c1CNC1=CN(CCOCCO)C(C)N1C. The maximum atomic E-state index is 8.77. The van der Waals surface area contributed by atoms with E-state index < -0.39 is 0 Å². The van der Waals surface area contributed by atoms with Gasteiger partial charge in [0.2, 0.25) is 0 Å². The second-order valence-corrected chi connectivity index (χ2v) is 6.25. The molecule has 0 aliphatic carbocycles. The summed E-state index contributed by atoms with van der Waals surface area (Å²) in [6.45, 7) is 9.33. The van der Waals surface area contributed by atoms with Crippen molar-refractivity contribution in [2.24, 2.45) is 0 Å². The maximum absolute atomic E-state index is 8.77. The second kappa shape index (κ2) is 8.94. The summed E-state index contributed by atoms with van der Waals surface area (Å²) in [5, 5.41) is 12.4. The zero-order chi connectivity index (χ0) is 17.5. The minimum Gasteiger partial charge on any atom is -0.394 e. The molecule has 1 heterocycles. The summed E-state index contributed by atoms with van der Waals surface area (Å²) in [7, 11) is 2.11. The Hall–Kier alpha value is -1.72. The normalized spacial score (nSPS) is 17.4. The Bertz CT molecular complexity index is 560. The van der Waals surface area contributed by atoms with Gasteiger partial charge in [0.25, 0.3) is 0 Å². The summed E-state index contributed by atoms with van der Waals surface area (Å²) in [5.74, 6) is 1.13. The van der Waals surface area contributed by atoms with Gasteiger partial charge in [-0.2, -0.15) is 0 Å². The first-order valence-corrected chi connectivity index (χ1v) is 8.78. The molecule has 0 radical (unpaired) electrons. The molecule has 0 spiro atoms. The lowest BCUT2D eigenvalue weighted by molar-refractivity contribution is 0.0684. The van der Waals surface area contributed by atoms with Gasteiger partial charge in [-0.05, 0) is 37.0 Å². The zero-order valence-electron chi connectivity index (χ0n) is 15.4. The minimum absolute atomic E-state index is 0.0777. The van der Waals surface area contributed by atoms with Crippen LogP contribution in [-0.2, 0) is 17.7 Å².